The van der Waals surface area contributed by atoms with Crippen molar-refractivity contribution in [3.8, 4) is 0 Å². The fourth-order valence-corrected chi connectivity index (χ4v) is 7.01. The first-order chi connectivity index (χ1) is 18.4. The average molecular weight is 542 g/mol. The van der Waals surface area contributed by atoms with Crippen LogP contribution in [0.25, 0.3) is 10.8 Å². The molecule has 39 heavy (non-hydrogen) atoms. The van der Waals surface area contributed by atoms with Gasteiger partial charge in [0.2, 0.25) is 0 Å². The summed E-state index contributed by atoms with van der Waals surface area (Å²) in [6.07, 6.45) is 13.2. The Morgan fingerprint density at radius 3 is 2.36 bits per heavy atom. The molecule has 7 heteroatoms. The third-order valence-electron chi connectivity index (χ3n) is 8.15. The Labute approximate surface area is 230 Å². The molecule has 2 aromatic carbocycles. The Balaban J connectivity index is 0.00000308. The molecule has 202 valence electrons. The van der Waals surface area contributed by atoms with Gasteiger partial charge in [-0.1, -0.05) is 50.6 Å². The van der Waals surface area contributed by atoms with Crippen LogP contribution >= 0.6 is 0 Å². The minimum atomic E-state index is -3.56. The Morgan fingerprint density at radius 1 is 0.923 bits per heavy atom. The molecular weight excluding hydrogens is 506 g/mol. The third kappa shape index (κ3) is 5.78. The zero-order chi connectivity index (χ0) is 26.3. The first-order valence-electron chi connectivity index (χ1n) is 13.4. The monoisotopic (exact) mass is 541 g/mol. The predicted molar refractivity (Wildman–Crippen MR) is 153 cm³/mol. The number of pyridine rings is 1. The molecule has 2 atom stereocenters. The highest BCUT2D eigenvalue weighted by atomic mass is 32.2. The number of rotatable bonds is 8. The molecule has 0 saturated heterocycles. The van der Waals surface area contributed by atoms with Gasteiger partial charge in [-0.3, -0.25) is 9.78 Å². The second-order valence-electron chi connectivity index (χ2n) is 10.8. The van der Waals surface area contributed by atoms with Crippen molar-refractivity contribution >= 4 is 26.4 Å². The summed E-state index contributed by atoms with van der Waals surface area (Å²) in [5, 5.41) is 2.21. The van der Waals surface area contributed by atoms with Crippen molar-refractivity contribution in [1.29, 1.82) is 0 Å². The molecule has 0 amide bonds. The molecule has 0 unspecified atom stereocenters. The number of Topliss-reactive ketones (excluding diaryl/α,β-unsaturated/α-hetero) is 1. The predicted octanol–water partition coefficient (Wildman–Crippen LogP) is 6.52. The van der Waals surface area contributed by atoms with E-state index in [1.807, 2.05) is 43.6 Å². The number of aromatic nitrogens is 3. The lowest BCUT2D eigenvalue weighted by atomic mass is 9.99. The quantitative estimate of drug-likeness (QED) is 0.252. The van der Waals surface area contributed by atoms with Gasteiger partial charge in [-0.05, 0) is 77.8 Å². The number of carbonyl (C=O) groups is 1. The molecule has 2 aromatic heterocycles. The molecular formula is C32H35N3O3S. The van der Waals surface area contributed by atoms with E-state index in [9.17, 15) is 13.2 Å². The second kappa shape index (κ2) is 11.0. The van der Waals surface area contributed by atoms with Crippen LogP contribution in [-0.4, -0.2) is 29.2 Å². The smallest absolute Gasteiger partial charge is 0.185 e. The Morgan fingerprint density at radius 2 is 1.64 bits per heavy atom. The van der Waals surface area contributed by atoms with E-state index in [4.69, 9.17) is 0 Å². The zero-order valence-corrected chi connectivity index (χ0v) is 22.3. The molecule has 2 aliphatic carbocycles. The van der Waals surface area contributed by atoms with Gasteiger partial charge >= 0.3 is 0 Å². The molecule has 2 saturated carbocycles. The molecule has 2 fully saturated rings. The van der Waals surface area contributed by atoms with E-state index >= 15 is 0 Å². The van der Waals surface area contributed by atoms with Gasteiger partial charge in [-0.2, -0.15) is 0 Å². The van der Waals surface area contributed by atoms with Crippen LogP contribution in [0.4, 0.5) is 0 Å². The van der Waals surface area contributed by atoms with Crippen molar-refractivity contribution in [2.45, 2.75) is 75.4 Å². The number of hydrogen-bond donors (Lipinski definition) is 0. The SMILES string of the molecule is C.Cc1cncc2ccc(CC(=O)[C@@H]3C[C@H]3c3ccc(S(=O)(=O)Cc4ncc(C5CCCC5)cn4)cc3)cc12. The molecule has 0 N–H and O–H groups in total. The number of carbonyl (C=O) groups excluding carboxylic acids is 1. The molecule has 6 rings (SSSR count). The fourth-order valence-electron chi connectivity index (χ4n) is 5.80. The number of sulfone groups is 1. The van der Waals surface area contributed by atoms with Crippen LogP contribution in [0.15, 0.2) is 72.1 Å². The summed E-state index contributed by atoms with van der Waals surface area (Å²) in [6, 6.07) is 13.1. The van der Waals surface area contributed by atoms with Crippen LogP contribution in [0, 0.1) is 12.8 Å². The first kappa shape index (κ1) is 27.1. The summed E-state index contributed by atoms with van der Waals surface area (Å²) >= 11 is 0. The highest BCUT2D eigenvalue weighted by Gasteiger charge is 2.43. The summed E-state index contributed by atoms with van der Waals surface area (Å²) in [4.78, 5) is 26.2. The van der Waals surface area contributed by atoms with Crippen molar-refractivity contribution in [2.75, 3.05) is 0 Å². The van der Waals surface area contributed by atoms with Crippen molar-refractivity contribution in [3.63, 3.8) is 0 Å². The summed E-state index contributed by atoms with van der Waals surface area (Å²) in [5.41, 5.74) is 4.24. The van der Waals surface area contributed by atoms with Gasteiger partial charge < -0.3 is 0 Å². The standard InChI is InChI=1S/C31H31N3O3S.CH4/c1-20-15-32-16-24-7-6-21(12-27(20)24)13-30(35)29-14-28(29)23-8-10-26(11-9-23)38(36,37)19-31-33-17-25(18-34-31)22-4-2-3-5-22;/h6-12,15-18,22,28-29H,2-5,13-14,19H2,1H3;1H4/t28-,29+;/m0./s1. The Hall–Kier alpha value is -3.45. The van der Waals surface area contributed by atoms with E-state index in [2.05, 4.69) is 21.0 Å². The lowest BCUT2D eigenvalue weighted by Gasteiger charge is -2.09. The van der Waals surface area contributed by atoms with E-state index in [-0.39, 0.29) is 35.7 Å². The molecule has 0 spiro atoms. The second-order valence-corrected chi connectivity index (χ2v) is 12.8. The fraction of sp³-hybridized carbons (Fsp3) is 0.375. The number of fused-ring (bicyclic) bond motifs is 1. The third-order valence-corrected chi connectivity index (χ3v) is 9.77. The molecule has 0 radical (unpaired) electrons. The van der Waals surface area contributed by atoms with Gasteiger partial charge in [-0.15, -0.1) is 0 Å². The first-order valence-corrected chi connectivity index (χ1v) is 15.0. The lowest BCUT2D eigenvalue weighted by Crippen LogP contribution is -2.09. The van der Waals surface area contributed by atoms with Crippen LogP contribution in [0.2, 0.25) is 0 Å². The van der Waals surface area contributed by atoms with Crippen LogP contribution < -0.4 is 0 Å². The largest absolute Gasteiger partial charge is 0.299 e. The maximum absolute atomic E-state index is 13.0. The van der Waals surface area contributed by atoms with Crippen molar-refractivity contribution in [3.05, 3.63) is 95.3 Å². The summed E-state index contributed by atoms with van der Waals surface area (Å²) < 4.78 is 26.0. The van der Waals surface area contributed by atoms with E-state index < -0.39 is 9.84 Å². The van der Waals surface area contributed by atoms with Gasteiger partial charge in [0.15, 0.2) is 9.84 Å². The van der Waals surface area contributed by atoms with Gasteiger partial charge in [0.1, 0.15) is 17.4 Å². The van der Waals surface area contributed by atoms with Crippen molar-refractivity contribution in [2.24, 2.45) is 5.92 Å². The molecule has 2 heterocycles. The van der Waals surface area contributed by atoms with E-state index in [0.717, 1.165) is 52.3 Å². The maximum Gasteiger partial charge on any atom is 0.185 e. The average Bonchev–Trinajstić information content (AvgIpc) is 3.54. The highest BCUT2D eigenvalue weighted by molar-refractivity contribution is 7.90. The van der Waals surface area contributed by atoms with E-state index in [1.165, 1.54) is 12.8 Å². The number of benzene rings is 2. The maximum atomic E-state index is 13.0. The molecule has 2 aliphatic rings. The van der Waals surface area contributed by atoms with Crippen LogP contribution in [0.3, 0.4) is 0 Å². The minimum Gasteiger partial charge on any atom is -0.299 e. The molecule has 0 aliphatic heterocycles. The normalized spacial score (nSPS) is 19.1. The van der Waals surface area contributed by atoms with Crippen molar-refractivity contribution in [1.82, 2.24) is 15.0 Å². The number of aryl methyl sites for hydroxylation is 1. The van der Waals surface area contributed by atoms with Crippen LogP contribution in [0.1, 0.15) is 79.4 Å². The summed E-state index contributed by atoms with van der Waals surface area (Å²) in [6.45, 7) is 2.03. The Bertz CT molecular complexity index is 1590. The van der Waals surface area contributed by atoms with Crippen molar-refractivity contribution < 1.29 is 13.2 Å². The summed E-state index contributed by atoms with van der Waals surface area (Å²) in [7, 11) is -3.56. The van der Waals surface area contributed by atoms with E-state index in [0.29, 0.717) is 18.2 Å². The highest BCUT2D eigenvalue weighted by Crippen LogP contribution is 2.48. The zero-order valence-electron chi connectivity index (χ0n) is 21.5. The molecule has 4 aromatic rings. The van der Waals surface area contributed by atoms with Gasteiger partial charge in [0.05, 0.1) is 4.90 Å². The van der Waals surface area contributed by atoms with E-state index in [1.54, 1.807) is 24.5 Å². The summed E-state index contributed by atoms with van der Waals surface area (Å²) in [5.74, 6) is 0.972. The number of hydrogen-bond acceptors (Lipinski definition) is 6. The van der Waals surface area contributed by atoms with Gasteiger partial charge in [0, 0.05) is 42.5 Å². The minimum absolute atomic E-state index is 0. The lowest BCUT2D eigenvalue weighted by molar-refractivity contribution is -0.119. The molecule has 6 nitrogen and oxygen atoms in total. The number of nitrogens with zero attached hydrogens (tertiary/aromatic N) is 3. The van der Waals surface area contributed by atoms with Gasteiger partial charge in [0.25, 0.3) is 0 Å². The Kier molecular flexibility index (Phi) is 7.63. The molecule has 0 bridgehead atoms. The topological polar surface area (TPSA) is 89.9 Å². The van der Waals surface area contributed by atoms with Crippen LogP contribution in [0.5, 0.6) is 0 Å². The van der Waals surface area contributed by atoms with Crippen LogP contribution in [-0.2, 0) is 26.8 Å². The van der Waals surface area contributed by atoms with Gasteiger partial charge in [-0.25, -0.2) is 18.4 Å². The number of ketones is 1.